The molecule has 0 saturated carbocycles. The van der Waals surface area contributed by atoms with Crippen molar-refractivity contribution in [2.45, 2.75) is 19.9 Å². The fourth-order valence-corrected chi connectivity index (χ4v) is 3.25. The molecule has 1 heterocycles. The summed E-state index contributed by atoms with van der Waals surface area (Å²) in [5.74, 6) is -0.0616. The summed E-state index contributed by atoms with van der Waals surface area (Å²) in [5.41, 5.74) is 3.04. The molecular weight excluding hydrogens is 304 g/mol. The van der Waals surface area contributed by atoms with Gasteiger partial charge in [-0.1, -0.05) is 48.0 Å². The average Bonchev–Trinajstić information content (AvgIpc) is 3.01. The highest BCUT2D eigenvalue weighted by Gasteiger charge is 2.07. The van der Waals surface area contributed by atoms with Crippen molar-refractivity contribution >= 4 is 17.2 Å². The Morgan fingerprint density at radius 1 is 1.13 bits per heavy atom. The summed E-state index contributed by atoms with van der Waals surface area (Å²) in [6, 6.07) is 17.9. The molecule has 0 spiro atoms. The van der Waals surface area contributed by atoms with Gasteiger partial charge in [0, 0.05) is 23.1 Å². The van der Waals surface area contributed by atoms with Crippen molar-refractivity contribution in [1.82, 2.24) is 10.3 Å². The molecule has 0 aliphatic carbocycles. The van der Waals surface area contributed by atoms with Gasteiger partial charge >= 0.3 is 0 Å². The van der Waals surface area contributed by atoms with Gasteiger partial charge in [-0.2, -0.15) is 0 Å². The molecule has 23 heavy (non-hydrogen) atoms. The first kappa shape index (κ1) is 15.4. The molecule has 1 amide bonds. The minimum atomic E-state index is -0.0616. The maximum absolute atomic E-state index is 12.1. The van der Waals surface area contributed by atoms with Crippen LogP contribution in [0.4, 0.5) is 0 Å². The average molecular weight is 322 g/mol. The first-order valence-electron chi connectivity index (χ1n) is 7.53. The van der Waals surface area contributed by atoms with E-state index in [4.69, 9.17) is 0 Å². The van der Waals surface area contributed by atoms with Crippen LogP contribution < -0.4 is 5.32 Å². The Morgan fingerprint density at radius 3 is 2.74 bits per heavy atom. The Labute approximate surface area is 140 Å². The Hall–Kier alpha value is -2.46. The number of amides is 1. The van der Waals surface area contributed by atoms with E-state index in [-0.39, 0.29) is 5.91 Å². The van der Waals surface area contributed by atoms with E-state index in [9.17, 15) is 4.79 Å². The molecule has 3 aromatic rings. The molecule has 0 unspecified atom stereocenters. The summed E-state index contributed by atoms with van der Waals surface area (Å²) in [7, 11) is 0. The maximum Gasteiger partial charge on any atom is 0.251 e. The van der Waals surface area contributed by atoms with E-state index in [0.717, 1.165) is 17.0 Å². The van der Waals surface area contributed by atoms with Gasteiger partial charge < -0.3 is 5.32 Å². The van der Waals surface area contributed by atoms with Crippen LogP contribution in [0.2, 0.25) is 0 Å². The number of hydrogen-bond donors (Lipinski definition) is 1. The smallest absolute Gasteiger partial charge is 0.251 e. The van der Waals surface area contributed by atoms with Crippen LogP contribution in [0.5, 0.6) is 0 Å². The molecular formula is C19H18N2OS. The van der Waals surface area contributed by atoms with Crippen molar-refractivity contribution in [1.29, 1.82) is 0 Å². The monoisotopic (exact) mass is 322 g/mol. The largest absolute Gasteiger partial charge is 0.346 e. The van der Waals surface area contributed by atoms with Gasteiger partial charge in [-0.25, -0.2) is 4.98 Å². The molecule has 0 aliphatic rings. The fraction of sp³-hybridized carbons (Fsp3) is 0.158. The van der Waals surface area contributed by atoms with Crippen LogP contribution in [-0.4, -0.2) is 10.9 Å². The van der Waals surface area contributed by atoms with Crippen LogP contribution in [0.25, 0.3) is 0 Å². The molecule has 0 bridgehead atoms. The van der Waals surface area contributed by atoms with E-state index in [1.165, 1.54) is 10.4 Å². The number of rotatable bonds is 5. The van der Waals surface area contributed by atoms with Crippen molar-refractivity contribution in [3.8, 4) is 0 Å². The standard InChI is InChI=1S/C19H18N2OS/c1-14-6-5-9-16(10-14)19(22)21-13-18-20-12-17(23-18)11-15-7-3-2-4-8-15/h2-10,12H,11,13H2,1H3,(H,21,22). The van der Waals surface area contributed by atoms with Crippen molar-refractivity contribution in [2.75, 3.05) is 0 Å². The zero-order valence-electron chi connectivity index (χ0n) is 13.0. The molecule has 4 heteroatoms. The highest BCUT2D eigenvalue weighted by atomic mass is 32.1. The van der Waals surface area contributed by atoms with E-state index in [0.29, 0.717) is 12.1 Å². The zero-order valence-corrected chi connectivity index (χ0v) is 13.8. The van der Waals surface area contributed by atoms with E-state index in [2.05, 4.69) is 22.4 Å². The van der Waals surface area contributed by atoms with Crippen molar-refractivity contribution in [3.63, 3.8) is 0 Å². The highest BCUT2D eigenvalue weighted by Crippen LogP contribution is 2.17. The Kier molecular flexibility index (Phi) is 4.83. The number of carbonyl (C=O) groups is 1. The van der Waals surface area contributed by atoms with E-state index >= 15 is 0 Å². The summed E-state index contributed by atoms with van der Waals surface area (Å²) < 4.78 is 0. The Balaban J connectivity index is 1.58. The third kappa shape index (κ3) is 4.27. The first-order chi connectivity index (χ1) is 11.2. The van der Waals surface area contributed by atoms with Crippen LogP contribution in [0.1, 0.15) is 31.4 Å². The molecule has 1 N–H and O–H groups in total. The highest BCUT2D eigenvalue weighted by molar-refractivity contribution is 7.11. The lowest BCUT2D eigenvalue weighted by Gasteiger charge is -2.03. The van der Waals surface area contributed by atoms with E-state index in [1.54, 1.807) is 11.3 Å². The van der Waals surface area contributed by atoms with Gasteiger partial charge in [0.05, 0.1) is 6.54 Å². The molecule has 116 valence electrons. The van der Waals surface area contributed by atoms with Crippen molar-refractivity contribution in [2.24, 2.45) is 0 Å². The van der Waals surface area contributed by atoms with Gasteiger partial charge in [0.25, 0.3) is 5.91 Å². The maximum atomic E-state index is 12.1. The van der Waals surface area contributed by atoms with Gasteiger partial charge in [0.2, 0.25) is 0 Å². The summed E-state index contributed by atoms with van der Waals surface area (Å²) in [6.07, 6.45) is 2.77. The normalized spacial score (nSPS) is 10.5. The van der Waals surface area contributed by atoms with Crippen LogP contribution in [0.15, 0.2) is 60.8 Å². The third-order valence-electron chi connectivity index (χ3n) is 3.50. The lowest BCUT2D eigenvalue weighted by atomic mass is 10.1. The first-order valence-corrected chi connectivity index (χ1v) is 8.35. The number of aryl methyl sites for hydroxylation is 1. The Morgan fingerprint density at radius 2 is 1.96 bits per heavy atom. The van der Waals surface area contributed by atoms with Gasteiger partial charge in [-0.05, 0) is 24.6 Å². The van der Waals surface area contributed by atoms with Crippen molar-refractivity contribution < 1.29 is 4.79 Å². The van der Waals surface area contributed by atoms with Gasteiger partial charge in [0.1, 0.15) is 5.01 Å². The Bertz CT molecular complexity index is 796. The number of aromatic nitrogens is 1. The summed E-state index contributed by atoms with van der Waals surface area (Å²) in [4.78, 5) is 17.7. The molecule has 0 radical (unpaired) electrons. The molecule has 1 aromatic heterocycles. The molecule has 2 aromatic carbocycles. The molecule has 0 fully saturated rings. The molecule has 0 saturated heterocycles. The van der Waals surface area contributed by atoms with Crippen LogP contribution in [0.3, 0.4) is 0 Å². The second kappa shape index (κ2) is 7.20. The predicted molar refractivity (Wildman–Crippen MR) is 93.7 cm³/mol. The number of hydrogen-bond acceptors (Lipinski definition) is 3. The number of thiazole rings is 1. The second-order valence-corrected chi connectivity index (χ2v) is 6.63. The topological polar surface area (TPSA) is 42.0 Å². The van der Waals surface area contributed by atoms with E-state index in [1.807, 2.05) is 55.6 Å². The number of nitrogens with one attached hydrogen (secondary N) is 1. The third-order valence-corrected chi connectivity index (χ3v) is 4.50. The summed E-state index contributed by atoms with van der Waals surface area (Å²) in [6.45, 7) is 2.44. The molecule has 0 atom stereocenters. The van der Waals surface area contributed by atoms with Gasteiger partial charge in [-0.3, -0.25) is 4.79 Å². The number of nitrogens with zero attached hydrogens (tertiary/aromatic N) is 1. The van der Waals surface area contributed by atoms with E-state index < -0.39 is 0 Å². The van der Waals surface area contributed by atoms with Crippen LogP contribution in [0, 0.1) is 6.92 Å². The van der Waals surface area contributed by atoms with Crippen LogP contribution >= 0.6 is 11.3 Å². The zero-order chi connectivity index (χ0) is 16.1. The minimum absolute atomic E-state index is 0.0616. The summed E-state index contributed by atoms with van der Waals surface area (Å²) >= 11 is 1.64. The molecule has 0 aliphatic heterocycles. The molecule has 3 rings (SSSR count). The number of carbonyl (C=O) groups excluding carboxylic acids is 1. The van der Waals surface area contributed by atoms with Crippen LogP contribution in [-0.2, 0) is 13.0 Å². The summed E-state index contributed by atoms with van der Waals surface area (Å²) in [5, 5.41) is 3.86. The lowest BCUT2D eigenvalue weighted by molar-refractivity contribution is 0.0951. The SMILES string of the molecule is Cc1cccc(C(=O)NCc2ncc(Cc3ccccc3)s2)c1. The van der Waals surface area contributed by atoms with Crippen molar-refractivity contribution in [3.05, 3.63) is 87.4 Å². The predicted octanol–water partition coefficient (Wildman–Crippen LogP) is 3.97. The minimum Gasteiger partial charge on any atom is -0.346 e. The number of benzene rings is 2. The second-order valence-electron chi connectivity index (χ2n) is 5.43. The molecule has 3 nitrogen and oxygen atoms in total. The quantitative estimate of drug-likeness (QED) is 0.772. The lowest BCUT2D eigenvalue weighted by Crippen LogP contribution is -2.22. The fourth-order valence-electron chi connectivity index (χ4n) is 2.35. The van der Waals surface area contributed by atoms with Gasteiger partial charge in [-0.15, -0.1) is 11.3 Å². The van der Waals surface area contributed by atoms with Gasteiger partial charge in [0.15, 0.2) is 0 Å².